The first-order valence-corrected chi connectivity index (χ1v) is 7.79. The summed E-state index contributed by atoms with van der Waals surface area (Å²) < 4.78 is 6.08. The number of aliphatic carboxylic acids is 1. The van der Waals surface area contributed by atoms with Crippen LogP contribution in [0.3, 0.4) is 0 Å². The molecule has 0 aliphatic heterocycles. The fraction of sp³-hybridized carbons (Fsp3) is 0.125. The molecule has 2 aromatic carbocycles. The second-order valence-corrected chi connectivity index (χ2v) is 6.03. The number of carboxylic acids is 1. The summed E-state index contributed by atoms with van der Waals surface area (Å²) in [7, 11) is 0. The molecule has 0 spiro atoms. The largest absolute Gasteiger partial charge is 0.480 e. The van der Waals surface area contributed by atoms with E-state index in [0.29, 0.717) is 10.7 Å². The molecule has 0 saturated heterocycles. The molecule has 0 saturated carbocycles. The summed E-state index contributed by atoms with van der Waals surface area (Å²) in [4.78, 5) is 22.7. The third-order valence-electron chi connectivity index (χ3n) is 2.85. The van der Waals surface area contributed by atoms with Crippen molar-refractivity contribution in [2.45, 2.75) is 6.42 Å². The summed E-state index contributed by atoms with van der Waals surface area (Å²) >= 11 is 9.20. The molecule has 2 aromatic rings. The van der Waals surface area contributed by atoms with Gasteiger partial charge >= 0.3 is 5.97 Å². The van der Waals surface area contributed by atoms with Crippen molar-refractivity contribution in [3.63, 3.8) is 0 Å². The van der Waals surface area contributed by atoms with Crippen molar-refractivity contribution in [3.8, 4) is 5.75 Å². The summed E-state index contributed by atoms with van der Waals surface area (Å²) in [6.07, 6.45) is 0.189. The van der Waals surface area contributed by atoms with Crippen molar-refractivity contribution in [1.29, 1.82) is 0 Å². The molecule has 0 heterocycles. The van der Waals surface area contributed by atoms with E-state index < -0.39 is 12.6 Å². The number of hydrogen-bond acceptors (Lipinski definition) is 3. The van der Waals surface area contributed by atoms with Crippen molar-refractivity contribution in [2.75, 3.05) is 11.9 Å². The van der Waals surface area contributed by atoms with Gasteiger partial charge in [0.1, 0.15) is 5.75 Å². The predicted molar refractivity (Wildman–Crippen MR) is 91.1 cm³/mol. The Morgan fingerprint density at radius 3 is 2.52 bits per heavy atom. The highest BCUT2D eigenvalue weighted by Crippen LogP contribution is 2.28. The quantitative estimate of drug-likeness (QED) is 0.777. The second kappa shape index (κ2) is 7.99. The lowest BCUT2D eigenvalue weighted by molar-refractivity contribution is -0.139. The Morgan fingerprint density at radius 1 is 1.17 bits per heavy atom. The first-order chi connectivity index (χ1) is 10.9. The highest BCUT2D eigenvalue weighted by atomic mass is 79.9. The minimum Gasteiger partial charge on any atom is -0.480 e. The Morgan fingerprint density at radius 2 is 1.87 bits per heavy atom. The van der Waals surface area contributed by atoms with Crippen LogP contribution in [0.15, 0.2) is 46.9 Å². The molecule has 0 radical (unpaired) electrons. The van der Waals surface area contributed by atoms with Crippen molar-refractivity contribution in [2.24, 2.45) is 0 Å². The monoisotopic (exact) mass is 397 g/mol. The zero-order valence-corrected chi connectivity index (χ0v) is 14.2. The number of ether oxygens (including phenoxy) is 1. The van der Waals surface area contributed by atoms with Gasteiger partial charge in [-0.2, -0.15) is 0 Å². The van der Waals surface area contributed by atoms with E-state index in [4.69, 9.17) is 21.4 Å². The van der Waals surface area contributed by atoms with Crippen molar-refractivity contribution in [1.82, 2.24) is 0 Å². The van der Waals surface area contributed by atoms with E-state index in [-0.39, 0.29) is 18.1 Å². The Kier molecular flexibility index (Phi) is 6.01. The number of carbonyl (C=O) groups is 2. The Bertz CT molecular complexity index is 719. The molecule has 0 unspecified atom stereocenters. The van der Waals surface area contributed by atoms with Crippen LogP contribution in [0.1, 0.15) is 5.56 Å². The molecule has 23 heavy (non-hydrogen) atoms. The normalized spacial score (nSPS) is 10.2. The Balaban J connectivity index is 2.07. The molecule has 0 aliphatic rings. The number of rotatable bonds is 6. The standard InChI is InChI=1S/C16H13BrClNO4/c17-11-3-1-10(2-4-11)7-15(20)19-13-6-5-12(18)8-14(13)23-9-16(21)22/h1-6,8H,7,9H2,(H,19,20)(H,21,22). The molecule has 0 fully saturated rings. The number of hydrogen-bond donors (Lipinski definition) is 2. The molecule has 0 atom stereocenters. The molecular weight excluding hydrogens is 386 g/mol. The van der Waals surface area contributed by atoms with Crippen LogP contribution in [0.5, 0.6) is 5.75 Å². The predicted octanol–water partition coefficient (Wildman–Crippen LogP) is 3.75. The van der Waals surface area contributed by atoms with Crippen LogP contribution in [0.25, 0.3) is 0 Å². The summed E-state index contributed by atoms with van der Waals surface area (Å²) in [6.45, 7) is -0.518. The number of halogens is 2. The zero-order chi connectivity index (χ0) is 16.8. The number of anilines is 1. The number of nitrogens with one attached hydrogen (secondary N) is 1. The molecule has 7 heteroatoms. The number of amides is 1. The van der Waals surface area contributed by atoms with E-state index in [2.05, 4.69) is 21.2 Å². The highest BCUT2D eigenvalue weighted by Gasteiger charge is 2.11. The third kappa shape index (κ3) is 5.58. The Hall–Kier alpha value is -2.05. The van der Waals surface area contributed by atoms with Gasteiger partial charge in [0.25, 0.3) is 0 Å². The van der Waals surface area contributed by atoms with Gasteiger partial charge in [-0.15, -0.1) is 0 Å². The van der Waals surface area contributed by atoms with E-state index >= 15 is 0 Å². The van der Waals surface area contributed by atoms with Crippen molar-refractivity contribution >= 4 is 45.1 Å². The van der Waals surface area contributed by atoms with Crippen LogP contribution in [0.2, 0.25) is 5.02 Å². The van der Waals surface area contributed by atoms with Gasteiger partial charge in [-0.1, -0.05) is 39.7 Å². The maximum absolute atomic E-state index is 12.1. The molecule has 0 aromatic heterocycles. The first kappa shape index (κ1) is 17.3. The lowest BCUT2D eigenvalue weighted by Gasteiger charge is -2.12. The molecule has 0 bridgehead atoms. The third-order valence-corrected chi connectivity index (χ3v) is 3.61. The number of carbonyl (C=O) groups excluding carboxylic acids is 1. The van der Waals surface area contributed by atoms with Gasteiger partial charge in [0.2, 0.25) is 5.91 Å². The van der Waals surface area contributed by atoms with Gasteiger partial charge in [0.15, 0.2) is 6.61 Å². The highest BCUT2D eigenvalue weighted by molar-refractivity contribution is 9.10. The van der Waals surface area contributed by atoms with Crippen LogP contribution in [-0.2, 0) is 16.0 Å². The second-order valence-electron chi connectivity index (χ2n) is 4.67. The minimum atomic E-state index is -1.11. The van der Waals surface area contributed by atoms with Gasteiger partial charge < -0.3 is 15.2 Å². The SMILES string of the molecule is O=C(O)COc1cc(Cl)ccc1NC(=O)Cc1ccc(Br)cc1. The van der Waals surface area contributed by atoms with Gasteiger partial charge in [0, 0.05) is 15.6 Å². The van der Waals surface area contributed by atoms with Crippen molar-refractivity contribution < 1.29 is 19.4 Å². The van der Waals surface area contributed by atoms with E-state index in [1.807, 2.05) is 24.3 Å². The van der Waals surface area contributed by atoms with Gasteiger partial charge in [0.05, 0.1) is 12.1 Å². The first-order valence-electron chi connectivity index (χ1n) is 6.62. The summed E-state index contributed by atoms with van der Waals surface area (Å²) in [5, 5.41) is 11.8. The molecular formula is C16H13BrClNO4. The molecule has 2 rings (SSSR count). The maximum Gasteiger partial charge on any atom is 0.341 e. The molecule has 0 aliphatic carbocycles. The lowest BCUT2D eigenvalue weighted by atomic mass is 10.1. The van der Waals surface area contributed by atoms with E-state index in [1.165, 1.54) is 6.07 Å². The van der Waals surface area contributed by atoms with Crippen LogP contribution < -0.4 is 10.1 Å². The average Bonchev–Trinajstić information content (AvgIpc) is 2.49. The number of carboxylic acid groups (broad SMARTS) is 1. The van der Waals surface area contributed by atoms with Gasteiger partial charge in [-0.3, -0.25) is 4.79 Å². The fourth-order valence-corrected chi connectivity index (χ4v) is 2.27. The zero-order valence-electron chi connectivity index (χ0n) is 11.9. The van der Waals surface area contributed by atoms with E-state index in [0.717, 1.165) is 10.0 Å². The summed E-state index contributed by atoms with van der Waals surface area (Å²) in [6, 6.07) is 12.0. The molecule has 1 amide bonds. The number of benzene rings is 2. The van der Waals surface area contributed by atoms with Crippen LogP contribution in [0.4, 0.5) is 5.69 Å². The average molecular weight is 399 g/mol. The minimum absolute atomic E-state index is 0.189. The molecule has 2 N–H and O–H groups in total. The van der Waals surface area contributed by atoms with Crippen LogP contribution in [-0.4, -0.2) is 23.6 Å². The maximum atomic E-state index is 12.1. The Labute approximate surface area is 146 Å². The van der Waals surface area contributed by atoms with E-state index in [9.17, 15) is 9.59 Å². The van der Waals surface area contributed by atoms with Gasteiger partial charge in [-0.05, 0) is 29.8 Å². The van der Waals surface area contributed by atoms with Crippen LogP contribution in [0, 0.1) is 0 Å². The molecule has 120 valence electrons. The van der Waals surface area contributed by atoms with E-state index in [1.54, 1.807) is 12.1 Å². The van der Waals surface area contributed by atoms with Gasteiger partial charge in [-0.25, -0.2) is 4.79 Å². The summed E-state index contributed by atoms with van der Waals surface area (Å²) in [5.41, 5.74) is 1.23. The fourth-order valence-electron chi connectivity index (χ4n) is 1.84. The van der Waals surface area contributed by atoms with Crippen molar-refractivity contribution in [3.05, 3.63) is 57.5 Å². The van der Waals surface area contributed by atoms with Crippen LogP contribution >= 0.6 is 27.5 Å². The smallest absolute Gasteiger partial charge is 0.341 e. The summed E-state index contributed by atoms with van der Waals surface area (Å²) in [5.74, 6) is -1.14. The lowest BCUT2D eigenvalue weighted by Crippen LogP contribution is -2.16. The molecule has 5 nitrogen and oxygen atoms in total. The topological polar surface area (TPSA) is 75.6 Å².